The fourth-order valence-electron chi connectivity index (χ4n) is 1.29. The number of aliphatic hydroxyl groups is 1. The second-order valence-corrected chi connectivity index (χ2v) is 3.05. The van der Waals surface area contributed by atoms with Gasteiger partial charge in [-0.1, -0.05) is 6.92 Å². The van der Waals surface area contributed by atoms with E-state index < -0.39 is 0 Å². The molecule has 4 heteroatoms. The normalized spacial score (nSPS) is 13.0. The SMILES string of the molecule is CCCN(CCO)C(C)C(=O)NC. The van der Waals surface area contributed by atoms with Gasteiger partial charge in [0.05, 0.1) is 12.6 Å². The summed E-state index contributed by atoms with van der Waals surface area (Å²) in [4.78, 5) is 13.2. The zero-order valence-corrected chi connectivity index (χ0v) is 8.71. The first-order chi connectivity index (χ1) is 6.17. The monoisotopic (exact) mass is 188 g/mol. The Balaban J connectivity index is 4.08. The van der Waals surface area contributed by atoms with Crippen LogP contribution in [0.2, 0.25) is 0 Å². The van der Waals surface area contributed by atoms with E-state index in [4.69, 9.17) is 5.11 Å². The largest absolute Gasteiger partial charge is 0.395 e. The van der Waals surface area contributed by atoms with Crippen LogP contribution in [0.25, 0.3) is 0 Å². The van der Waals surface area contributed by atoms with Crippen LogP contribution >= 0.6 is 0 Å². The van der Waals surface area contributed by atoms with Gasteiger partial charge in [0.2, 0.25) is 5.91 Å². The lowest BCUT2D eigenvalue weighted by Crippen LogP contribution is -2.45. The molecule has 0 aliphatic carbocycles. The molecule has 0 fully saturated rings. The van der Waals surface area contributed by atoms with E-state index in [2.05, 4.69) is 12.2 Å². The molecule has 0 rings (SSSR count). The number of likely N-dealkylation sites (N-methyl/N-ethyl adjacent to an activating group) is 1. The van der Waals surface area contributed by atoms with Gasteiger partial charge in [-0.05, 0) is 19.9 Å². The first kappa shape index (κ1) is 12.4. The lowest BCUT2D eigenvalue weighted by molar-refractivity contribution is -0.125. The fraction of sp³-hybridized carbons (Fsp3) is 0.889. The topological polar surface area (TPSA) is 52.6 Å². The highest BCUT2D eigenvalue weighted by atomic mass is 16.3. The van der Waals surface area contributed by atoms with Crippen LogP contribution in [0, 0.1) is 0 Å². The lowest BCUT2D eigenvalue weighted by Gasteiger charge is -2.26. The number of hydrogen-bond donors (Lipinski definition) is 2. The number of aliphatic hydroxyl groups excluding tert-OH is 1. The Morgan fingerprint density at radius 1 is 1.54 bits per heavy atom. The van der Waals surface area contributed by atoms with E-state index in [9.17, 15) is 4.79 Å². The Morgan fingerprint density at radius 2 is 2.15 bits per heavy atom. The molecule has 0 spiro atoms. The zero-order chi connectivity index (χ0) is 10.3. The number of amides is 1. The Labute approximate surface area is 79.9 Å². The van der Waals surface area contributed by atoms with Crippen molar-refractivity contribution in [2.45, 2.75) is 26.3 Å². The summed E-state index contributed by atoms with van der Waals surface area (Å²) in [5.41, 5.74) is 0. The van der Waals surface area contributed by atoms with Crippen LogP contribution in [0.3, 0.4) is 0 Å². The molecule has 0 heterocycles. The molecule has 0 radical (unpaired) electrons. The summed E-state index contributed by atoms with van der Waals surface area (Å²) < 4.78 is 0. The van der Waals surface area contributed by atoms with E-state index in [0.29, 0.717) is 6.54 Å². The number of nitrogens with one attached hydrogen (secondary N) is 1. The van der Waals surface area contributed by atoms with Gasteiger partial charge in [0.1, 0.15) is 0 Å². The Bertz CT molecular complexity index is 145. The second kappa shape index (κ2) is 6.86. The van der Waals surface area contributed by atoms with Crippen LogP contribution in [0.5, 0.6) is 0 Å². The molecular formula is C9H20N2O2. The first-order valence-corrected chi connectivity index (χ1v) is 4.73. The van der Waals surface area contributed by atoms with Crippen molar-refractivity contribution >= 4 is 5.91 Å². The molecule has 0 aromatic rings. The van der Waals surface area contributed by atoms with Gasteiger partial charge in [-0.15, -0.1) is 0 Å². The van der Waals surface area contributed by atoms with Crippen LogP contribution in [-0.4, -0.2) is 48.7 Å². The van der Waals surface area contributed by atoms with Gasteiger partial charge in [0.15, 0.2) is 0 Å². The van der Waals surface area contributed by atoms with Gasteiger partial charge in [0, 0.05) is 13.6 Å². The molecule has 1 atom stereocenters. The van der Waals surface area contributed by atoms with Crippen molar-refractivity contribution in [3.05, 3.63) is 0 Å². The molecule has 2 N–H and O–H groups in total. The summed E-state index contributed by atoms with van der Waals surface area (Å²) in [7, 11) is 1.63. The average Bonchev–Trinajstić information content (AvgIpc) is 2.15. The summed E-state index contributed by atoms with van der Waals surface area (Å²) in [6, 6.07) is -0.155. The average molecular weight is 188 g/mol. The van der Waals surface area contributed by atoms with E-state index in [1.165, 1.54) is 0 Å². The predicted molar refractivity (Wildman–Crippen MR) is 52.5 cm³/mol. The van der Waals surface area contributed by atoms with Crippen molar-refractivity contribution in [1.82, 2.24) is 10.2 Å². The second-order valence-electron chi connectivity index (χ2n) is 3.05. The Hall–Kier alpha value is -0.610. The number of nitrogens with zero attached hydrogens (tertiary/aromatic N) is 1. The van der Waals surface area contributed by atoms with Crippen LogP contribution < -0.4 is 5.32 Å². The van der Waals surface area contributed by atoms with Crippen molar-refractivity contribution in [2.75, 3.05) is 26.7 Å². The molecule has 0 saturated heterocycles. The molecule has 0 aromatic heterocycles. The Morgan fingerprint density at radius 3 is 2.54 bits per heavy atom. The van der Waals surface area contributed by atoms with Crippen LogP contribution in [0.15, 0.2) is 0 Å². The summed E-state index contributed by atoms with van der Waals surface area (Å²) >= 11 is 0. The number of carbonyl (C=O) groups is 1. The van der Waals surface area contributed by atoms with E-state index >= 15 is 0 Å². The highest BCUT2D eigenvalue weighted by Gasteiger charge is 2.18. The van der Waals surface area contributed by atoms with Crippen LogP contribution in [0.4, 0.5) is 0 Å². The van der Waals surface area contributed by atoms with Crippen molar-refractivity contribution in [2.24, 2.45) is 0 Å². The van der Waals surface area contributed by atoms with Gasteiger partial charge in [-0.3, -0.25) is 9.69 Å². The number of hydrogen-bond acceptors (Lipinski definition) is 3. The molecule has 0 aliphatic rings. The molecule has 13 heavy (non-hydrogen) atoms. The van der Waals surface area contributed by atoms with E-state index in [1.54, 1.807) is 7.05 Å². The third-order valence-electron chi connectivity index (χ3n) is 2.07. The Kier molecular flexibility index (Phi) is 6.54. The number of carbonyl (C=O) groups excluding carboxylic acids is 1. The van der Waals surface area contributed by atoms with Crippen molar-refractivity contribution in [3.63, 3.8) is 0 Å². The molecule has 0 aromatic carbocycles. The maximum absolute atomic E-state index is 11.3. The molecule has 1 amide bonds. The quantitative estimate of drug-likeness (QED) is 0.608. The fourth-order valence-corrected chi connectivity index (χ4v) is 1.29. The molecule has 1 unspecified atom stereocenters. The minimum atomic E-state index is -0.155. The van der Waals surface area contributed by atoms with Gasteiger partial charge >= 0.3 is 0 Å². The minimum absolute atomic E-state index is 0.00176. The van der Waals surface area contributed by atoms with Crippen LogP contribution in [0.1, 0.15) is 20.3 Å². The summed E-state index contributed by atoms with van der Waals surface area (Å²) in [5.74, 6) is 0.00176. The van der Waals surface area contributed by atoms with E-state index in [0.717, 1.165) is 13.0 Å². The standard InChI is InChI=1S/C9H20N2O2/c1-4-5-11(6-7-12)8(2)9(13)10-3/h8,12H,4-7H2,1-3H3,(H,10,13). The predicted octanol–water partition coefficient (Wildman–Crippen LogP) is -0.175. The minimum Gasteiger partial charge on any atom is -0.395 e. The summed E-state index contributed by atoms with van der Waals surface area (Å²) in [6.45, 7) is 5.41. The molecule has 78 valence electrons. The summed E-state index contributed by atoms with van der Waals surface area (Å²) in [5, 5.41) is 11.4. The summed E-state index contributed by atoms with van der Waals surface area (Å²) in [6.07, 6.45) is 0.987. The maximum Gasteiger partial charge on any atom is 0.236 e. The molecule has 4 nitrogen and oxygen atoms in total. The lowest BCUT2D eigenvalue weighted by atomic mass is 10.2. The van der Waals surface area contributed by atoms with E-state index in [1.807, 2.05) is 11.8 Å². The zero-order valence-electron chi connectivity index (χ0n) is 8.71. The van der Waals surface area contributed by atoms with Gasteiger partial charge < -0.3 is 10.4 Å². The highest BCUT2D eigenvalue weighted by Crippen LogP contribution is 1.99. The number of rotatable bonds is 6. The smallest absolute Gasteiger partial charge is 0.236 e. The van der Waals surface area contributed by atoms with Gasteiger partial charge in [-0.2, -0.15) is 0 Å². The molecule has 0 bridgehead atoms. The molecular weight excluding hydrogens is 168 g/mol. The van der Waals surface area contributed by atoms with Gasteiger partial charge in [0.25, 0.3) is 0 Å². The highest BCUT2D eigenvalue weighted by molar-refractivity contribution is 5.80. The third-order valence-corrected chi connectivity index (χ3v) is 2.07. The van der Waals surface area contributed by atoms with Crippen LogP contribution in [-0.2, 0) is 4.79 Å². The third kappa shape index (κ3) is 4.24. The van der Waals surface area contributed by atoms with Gasteiger partial charge in [-0.25, -0.2) is 0 Å². The molecule has 0 aliphatic heterocycles. The van der Waals surface area contributed by atoms with E-state index in [-0.39, 0.29) is 18.6 Å². The maximum atomic E-state index is 11.3. The first-order valence-electron chi connectivity index (χ1n) is 4.73. The van der Waals surface area contributed by atoms with Crippen molar-refractivity contribution in [3.8, 4) is 0 Å². The molecule has 0 saturated carbocycles. The van der Waals surface area contributed by atoms with Crippen molar-refractivity contribution < 1.29 is 9.90 Å². The van der Waals surface area contributed by atoms with Crippen molar-refractivity contribution in [1.29, 1.82) is 0 Å².